The largest absolute Gasteiger partial charge is 0.457 e. The Balaban J connectivity index is 0.898. The summed E-state index contributed by atoms with van der Waals surface area (Å²) in [4.78, 5) is 9.66. The Kier molecular flexibility index (Phi) is 10.1. The van der Waals surface area contributed by atoms with Gasteiger partial charge in [-0.05, 0) is 118 Å². The highest BCUT2D eigenvalue weighted by molar-refractivity contribution is 6.09. The van der Waals surface area contributed by atoms with Crippen LogP contribution < -0.4 is 14.5 Å². The van der Waals surface area contributed by atoms with Gasteiger partial charge >= 0.3 is 0 Å². The van der Waals surface area contributed by atoms with E-state index in [1.165, 1.54) is 40.6 Å². The summed E-state index contributed by atoms with van der Waals surface area (Å²) in [5, 5.41) is 1.91. The average molecular weight is 981 g/mol. The number of para-hydroxylation sites is 4. The van der Waals surface area contributed by atoms with Crippen LogP contribution in [0.25, 0.3) is 72.1 Å². The second-order valence-corrected chi connectivity index (χ2v) is 21.7. The molecule has 0 N–H and O–H groups in total. The molecule has 75 heavy (non-hydrogen) atoms. The smallest absolute Gasteiger partial charge is 0.137 e. The van der Waals surface area contributed by atoms with Gasteiger partial charge in [0.15, 0.2) is 0 Å². The molecule has 0 radical (unpaired) electrons. The molecule has 1 aliphatic rings. The maximum atomic E-state index is 8.64. The molecule has 12 rings (SSSR count). The van der Waals surface area contributed by atoms with Gasteiger partial charge < -0.3 is 14.5 Å². The van der Waals surface area contributed by atoms with Crippen LogP contribution in [0.1, 0.15) is 72.0 Å². The first-order valence-electron chi connectivity index (χ1n) is 28.7. The molecule has 0 atom stereocenters. The Hall–Kier alpha value is -8.67. The van der Waals surface area contributed by atoms with Gasteiger partial charge in [0, 0.05) is 59.7 Å². The van der Waals surface area contributed by atoms with E-state index in [4.69, 9.17) is 17.9 Å². The Labute approximate surface area is 450 Å². The van der Waals surface area contributed by atoms with Gasteiger partial charge in [-0.25, -0.2) is 4.98 Å². The molecule has 5 nitrogen and oxygen atoms in total. The topological polar surface area (TPSA) is 33.5 Å². The van der Waals surface area contributed by atoms with Crippen LogP contribution in [0.2, 0.25) is 0 Å². The number of aromatic nitrogens is 2. The quantitative estimate of drug-likeness (QED) is 0.144. The minimum atomic E-state index is -2.54. The molecular formula is C70H62N4O. The zero-order valence-corrected chi connectivity index (χ0v) is 43.2. The predicted octanol–water partition coefficient (Wildman–Crippen LogP) is 19.1. The van der Waals surface area contributed by atoms with Crippen molar-refractivity contribution in [1.29, 1.82) is 0 Å². The van der Waals surface area contributed by atoms with Crippen LogP contribution in [0.4, 0.5) is 22.7 Å². The highest BCUT2D eigenvalue weighted by Crippen LogP contribution is 2.51. The minimum absolute atomic E-state index is 0.00469. The van der Waals surface area contributed by atoms with Gasteiger partial charge in [-0.15, -0.1) is 0 Å². The van der Waals surface area contributed by atoms with Crippen molar-refractivity contribution in [2.75, 3.05) is 16.5 Å². The summed E-state index contributed by atoms with van der Waals surface area (Å²) in [6.45, 7) is 9.35. The molecule has 2 aromatic heterocycles. The van der Waals surface area contributed by atoms with Crippen LogP contribution >= 0.6 is 0 Å². The highest BCUT2D eigenvalue weighted by Gasteiger charge is 2.32. The van der Waals surface area contributed by atoms with Crippen LogP contribution in [-0.4, -0.2) is 16.2 Å². The Morgan fingerprint density at radius 3 is 1.81 bits per heavy atom. The number of pyridine rings is 1. The summed E-state index contributed by atoms with van der Waals surface area (Å²) in [6.07, 6.45) is 1.54. The number of anilines is 4. The van der Waals surface area contributed by atoms with Crippen LogP contribution in [-0.2, 0) is 10.8 Å². The molecule has 368 valence electrons. The Morgan fingerprint density at radius 2 is 1.08 bits per heavy atom. The zero-order chi connectivity index (χ0) is 56.6. The second kappa shape index (κ2) is 18.7. The molecule has 0 saturated carbocycles. The van der Waals surface area contributed by atoms with Crippen molar-refractivity contribution in [3.05, 3.63) is 241 Å². The number of hydrogen-bond acceptors (Lipinski definition) is 4. The maximum Gasteiger partial charge on any atom is 0.137 e. The third-order valence-electron chi connectivity index (χ3n) is 14.6. The zero-order valence-electron chi connectivity index (χ0n) is 49.2. The fourth-order valence-corrected chi connectivity index (χ4v) is 10.6. The van der Waals surface area contributed by atoms with Crippen molar-refractivity contribution in [1.82, 2.24) is 9.55 Å². The molecule has 0 amide bonds. The van der Waals surface area contributed by atoms with E-state index in [1.54, 1.807) is 18.2 Å². The lowest BCUT2D eigenvalue weighted by Gasteiger charge is -2.27. The molecule has 0 bridgehead atoms. The van der Waals surface area contributed by atoms with Gasteiger partial charge in [0.2, 0.25) is 0 Å². The fraction of sp³-hybridized carbons (Fsp3) is 0.157. The van der Waals surface area contributed by atoms with Crippen molar-refractivity contribution in [2.24, 2.45) is 0 Å². The molecule has 5 heteroatoms. The standard InChI is InChI=1S/C70H62N4O/c1-46-19-16-22-51(37-46)62-44-71-67(38-47(62)2)74-63-28-13-12-25-60(63)61-36-35-57(43-66(61)74)75-56-24-17-23-55(42-56)72-45-73(65-30-15-14-29-64(65)72)68-58(49-20-10-9-11-21-49)26-18-27-59(68)50-33-31-48(32-34-50)52-39-53(69(3,4)5)41-54(40-52)70(6,7)8/h9-44H,45H2,1-8H3/i1D3,2D3. The lowest BCUT2D eigenvalue weighted by Crippen LogP contribution is -2.25. The molecule has 0 fully saturated rings. The third kappa shape index (κ3) is 8.93. The molecular weight excluding hydrogens is 913 g/mol. The van der Waals surface area contributed by atoms with E-state index in [-0.39, 0.29) is 22.0 Å². The molecule has 9 aromatic carbocycles. The summed E-state index contributed by atoms with van der Waals surface area (Å²) >= 11 is 0. The van der Waals surface area contributed by atoms with Gasteiger partial charge in [-0.2, -0.15) is 0 Å². The van der Waals surface area contributed by atoms with Crippen molar-refractivity contribution in [3.8, 4) is 61.8 Å². The van der Waals surface area contributed by atoms with Gasteiger partial charge in [-0.1, -0.05) is 199 Å². The molecule has 1 aliphatic heterocycles. The first-order valence-corrected chi connectivity index (χ1v) is 25.7. The fourth-order valence-electron chi connectivity index (χ4n) is 10.6. The van der Waals surface area contributed by atoms with E-state index in [1.807, 2.05) is 59.2 Å². The molecule has 0 spiro atoms. The van der Waals surface area contributed by atoms with Crippen LogP contribution in [0.15, 0.2) is 219 Å². The van der Waals surface area contributed by atoms with E-state index in [2.05, 4.69) is 179 Å². The van der Waals surface area contributed by atoms with Crippen LogP contribution in [0, 0.1) is 13.7 Å². The minimum Gasteiger partial charge on any atom is -0.457 e. The number of nitrogens with zero attached hydrogens (tertiary/aromatic N) is 4. The Morgan fingerprint density at radius 1 is 0.453 bits per heavy atom. The van der Waals surface area contributed by atoms with Crippen molar-refractivity contribution in [2.45, 2.75) is 66.1 Å². The number of hydrogen-bond donors (Lipinski definition) is 0. The highest BCUT2D eigenvalue weighted by atomic mass is 16.5. The van der Waals surface area contributed by atoms with Crippen molar-refractivity contribution < 1.29 is 13.0 Å². The summed E-state index contributed by atoms with van der Waals surface area (Å²) in [6, 6.07) is 72.1. The van der Waals surface area contributed by atoms with Gasteiger partial charge in [0.05, 0.1) is 28.1 Å². The number of fused-ring (bicyclic) bond motifs is 4. The van der Waals surface area contributed by atoms with E-state index in [0.717, 1.165) is 66.8 Å². The summed E-state index contributed by atoms with van der Waals surface area (Å²) < 4.78 is 58.7. The lowest BCUT2D eigenvalue weighted by molar-refractivity contribution is 0.483. The summed E-state index contributed by atoms with van der Waals surface area (Å²) in [7, 11) is 0. The molecule has 0 aliphatic carbocycles. The third-order valence-corrected chi connectivity index (χ3v) is 14.6. The van der Waals surface area contributed by atoms with Gasteiger partial charge in [-0.3, -0.25) is 4.57 Å². The van der Waals surface area contributed by atoms with Gasteiger partial charge in [0.25, 0.3) is 0 Å². The average Bonchev–Trinajstić information content (AvgIpc) is 3.65. The lowest BCUT2D eigenvalue weighted by atomic mass is 9.79. The summed E-state index contributed by atoms with van der Waals surface area (Å²) in [5.74, 6) is 1.64. The van der Waals surface area contributed by atoms with Gasteiger partial charge in [0.1, 0.15) is 24.0 Å². The van der Waals surface area contributed by atoms with E-state index in [0.29, 0.717) is 35.1 Å². The van der Waals surface area contributed by atoms with Crippen LogP contribution in [0.3, 0.4) is 0 Å². The number of ether oxygens (including phenoxy) is 1. The number of rotatable bonds is 9. The predicted molar refractivity (Wildman–Crippen MR) is 316 cm³/mol. The second-order valence-electron chi connectivity index (χ2n) is 21.7. The normalized spacial score (nSPS) is 14.2. The van der Waals surface area contributed by atoms with E-state index >= 15 is 0 Å². The maximum absolute atomic E-state index is 8.64. The SMILES string of the molecule is [2H]C([2H])([2H])c1cccc(-c2cnc(-n3c4ccccc4c4ccc(Oc5cccc(N6CN(c7c(-c8ccccc8)cccc7-c7ccc(-c8cc(C(C)(C)C)cc(C(C)(C)C)c8)cc7)c7ccccc76)c5)cc43)cc2C([2H])([2H])[2H])c1. The van der Waals surface area contributed by atoms with Crippen molar-refractivity contribution >= 4 is 44.6 Å². The molecule has 0 saturated heterocycles. The first-order chi connectivity index (χ1) is 38.7. The monoisotopic (exact) mass is 981 g/mol. The van der Waals surface area contributed by atoms with E-state index < -0.39 is 13.7 Å². The van der Waals surface area contributed by atoms with Crippen LogP contribution in [0.5, 0.6) is 11.5 Å². The molecule has 3 heterocycles. The Bertz CT molecular complexity index is 4150. The molecule has 0 unspecified atom stereocenters. The molecule has 11 aromatic rings. The van der Waals surface area contributed by atoms with Crippen molar-refractivity contribution in [3.63, 3.8) is 0 Å². The number of aryl methyl sites for hydroxylation is 2. The summed E-state index contributed by atoms with van der Waals surface area (Å²) in [5.41, 5.74) is 16.4. The first kappa shape index (κ1) is 40.8. The number of benzene rings is 9. The van der Waals surface area contributed by atoms with E-state index in [9.17, 15) is 0 Å².